The van der Waals surface area contributed by atoms with Gasteiger partial charge in [-0.2, -0.15) is 5.10 Å². The maximum absolute atomic E-state index is 5.99. The Kier molecular flexibility index (Phi) is 3.62. The van der Waals surface area contributed by atoms with Gasteiger partial charge in [-0.3, -0.25) is 10.1 Å². The monoisotopic (exact) mass is 344 g/mol. The molecule has 0 amide bonds. The molecule has 3 aromatic rings. The lowest BCUT2D eigenvalue weighted by Gasteiger charge is -2.07. The predicted molar refractivity (Wildman–Crippen MR) is 85.9 cm³/mol. The molecule has 1 aromatic carbocycles. The molecule has 6 heteroatoms. The molecule has 0 saturated heterocycles. The maximum atomic E-state index is 5.99. The zero-order valence-electron chi connectivity index (χ0n) is 11.3. The molecule has 21 heavy (non-hydrogen) atoms. The fourth-order valence-electron chi connectivity index (χ4n) is 2.16. The highest BCUT2D eigenvalue weighted by atomic mass is 79.9. The zero-order chi connectivity index (χ0) is 14.8. The number of aromatic nitrogens is 3. The van der Waals surface area contributed by atoms with Crippen LogP contribution in [0.1, 0.15) is 0 Å². The number of halogens is 1. The molecular formula is C15H13BrN4O. The first kappa shape index (κ1) is 13.6. The number of nitrogens with two attached hydrogens (primary N) is 1. The summed E-state index contributed by atoms with van der Waals surface area (Å²) in [6.45, 7) is 0. The van der Waals surface area contributed by atoms with Gasteiger partial charge in [-0.15, -0.1) is 0 Å². The van der Waals surface area contributed by atoms with Crippen molar-refractivity contribution >= 4 is 21.7 Å². The minimum atomic E-state index is 0.427. The number of pyridine rings is 1. The van der Waals surface area contributed by atoms with Gasteiger partial charge in [0.15, 0.2) is 5.82 Å². The molecule has 0 spiro atoms. The van der Waals surface area contributed by atoms with Crippen molar-refractivity contribution in [3.8, 4) is 28.3 Å². The van der Waals surface area contributed by atoms with E-state index >= 15 is 0 Å². The highest BCUT2D eigenvalue weighted by Crippen LogP contribution is 2.36. The largest absolute Gasteiger partial charge is 0.496 e. The number of rotatable bonds is 3. The van der Waals surface area contributed by atoms with Crippen LogP contribution in [0, 0.1) is 0 Å². The predicted octanol–water partition coefficient (Wildman–Crippen LogP) is 3.49. The van der Waals surface area contributed by atoms with E-state index in [1.165, 1.54) is 0 Å². The number of hydrogen-bond acceptors (Lipinski definition) is 4. The fraction of sp³-hybridized carbons (Fsp3) is 0.0667. The molecule has 0 aliphatic heterocycles. The van der Waals surface area contributed by atoms with Crippen molar-refractivity contribution in [2.24, 2.45) is 0 Å². The summed E-state index contributed by atoms with van der Waals surface area (Å²) >= 11 is 3.49. The maximum Gasteiger partial charge on any atom is 0.155 e. The molecule has 106 valence electrons. The van der Waals surface area contributed by atoms with E-state index in [-0.39, 0.29) is 0 Å². The molecule has 0 fully saturated rings. The molecule has 2 aromatic heterocycles. The first-order valence-electron chi connectivity index (χ1n) is 6.30. The third-order valence-electron chi connectivity index (χ3n) is 3.16. The van der Waals surface area contributed by atoms with Crippen molar-refractivity contribution in [1.82, 2.24) is 15.2 Å². The molecule has 0 bridgehead atoms. The van der Waals surface area contributed by atoms with Crippen LogP contribution in [-0.4, -0.2) is 22.3 Å². The Morgan fingerprint density at radius 2 is 2.10 bits per heavy atom. The van der Waals surface area contributed by atoms with Gasteiger partial charge in [0.1, 0.15) is 5.75 Å². The number of benzene rings is 1. The number of nitrogen functional groups attached to an aromatic ring is 1. The molecule has 0 unspecified atom stereocenters. The Labute approximate surface area is 130 Å². The number of hydrogen-bond donors (Lipinski definition) is 2. The second kappa shape index (κ2) is 5.57. The van der Waals surface area contributed by atoms with Gasteiger partial charge >= 0.3 is 0 Å². The van der Waals surface area contributed by atoms with Gasteiger partial charge in [0.05, 0.1) is 28.5 Å². The second-order valence-electron chi connectivity index (χ2n) is 4.42. The van der Waals surface area contributed by atoms with Crippen LogP contribution in [0.15, 0.2) is 47.1 Å². The Morgan fingerprint density at radius 3 is 2.76 bits per heavy atom. The Hall–Kier alpha value is -2.34. The van der Waals surface area contributed by atoms with E-state index in [2.05, 4.69) is 31.1 Å². The summed E-state index contributed by atoms with van der Waals surface area (Å²) in [7, 11) is 1.63. The lowest BCUT2D eigenvalue weighted by molar-refractivity contribution is 0.412. The Bertz CT molecular complexity index is 771. The average Bonchev–Trinajstić information content (AvgIpc) is 2.90. The molecule has 2 heterocycles. The summed E-state index contributed by atoms with van der Waals surface area (Å²) in [5.74, 6) is 1.20. The van der Waals surface area contributed by atoms with Crippen LogP contribution in [0.3, 0.4) is 0 Å². The average molecular weight is 345 g/mol. The standard InChI is InChI=1S/C15H13BrN4O/c1-21-12-6-5-9(8-10(12)16)14-13(15(17)20-19-14)11-4-2-3-7-18-11/h2-8H,1H3,(H3,17,19,20). The molecule has 0 atom stereocenters. The van der Waals surface area contributed by atoms with Crippen LogP contribution in [0.5, 0.6) is 5.75 Å². The minimum Gasteiger partial charge on any atom is -0.496 e. The van der Waals surface area contributed by atoms with Gasteiger partial charge in [-0.1, -0.05) is 6.07 Å². The van der Waals surface area contributed by atoms with Gasteiger partial charge in [-0.25, -0.2) is 0 Å². The number of anilines is 1. The van der Waals surface area contributed by atoms with E-state index in [1.54, 1.807) is 13.3 Å². The summed E-state index contributed by atoms with van der Waals surface area (Å²) in [5, 5.41) is 7.08. The summed E-state index contributed by atoms with van der Waals surface area (Å²) in [4.78, 5) is 4.35. The molecule has 5 nitrogen and oxygen atoms in total. The van der Waals surface area contributed by atoms with Crippen molar-refractivity contribution in [3.05, 3.63) is 47.1 Å². The molecule has 0 aliphatic rings. The summed E-state index contributed by atoms with van der Waals surface area (Å²) < 4.78 is 6.11. The second-order valence-corrected chi connectivity index (χ2v) is 5.28. The van der Waals surface area contributed by atoms with Gasteiger partial charge in [0.25, 0.3) is 0 Å². The van der Waals surface area contributed by atoms with Gasteiger partial charge in [0, 0.05) is 11.8 Å². The first-order chi connectivity index (χ1) is 10.2. The van der Waals surface area contributed by atoms with Crippen molar-refractivity contribution in [2.75, 3.05) is 12.8 Å². The number of nitrogens with one attached hydrogen (secondary N) is 1. The van der Waals surface area contributed by atoms with Crippen molar-refractivity contribution in [1.29, 1.82) is 0 Å². The van der Waals surface area contributed by atoms with Crippen LogP contribution in [0.4, 0.5) is 5.82 Å². The number of nitrogens with zero attached hydrogens (tertiary/aromatic N) is 2. The van der Waals surface area contributed by atoms with E-state index in [1.807, 2.05) is 36.4 Å². The normalized spacial score (nSPS) is 10.6. The van der Waals surface area contributed by atoms with E-state index in [0.29, 0.717) is 5.82 Å². The fourth-order valence-corrected chi connectivity index (χ4v) is 2.70. The van der Waals surface area contributed by atoms with E-state index < -0.39 is 0 Å². The smallest absolute Gasteiger partial charge is 0.155 e. The summed E-state index contributed by atoms with van der Waals surface area (Å²) in [6, 6.07) is 11.5. The zero-order valence-corrected chi connectivity index (χ0v) is 12.9. The van der Waals surface area contributed by atoms with Crippen molar-refractivity contribution in [3.63, 3.8) is 0 Å². The van der Waals surface area contributed by atoms with E-state index in [9.17, 15) is 0 Å². The third kappa shape index (κ3) is 2.50. The minimum absolute atomic E-state index is 0.427. The summed E-state index contributed by atoms with van der Waals surface area (Å²) in [6.07, 6.45) is 1.73. The van der Waals surface area contributed by atoms with E-state index in [0.717, 1.165) is 32.7 Å². The number of aromatic amines is 1. The van der Waals surface area contributed by atoms with Gasteiger partial charge in [-0.05, 0) is 46.3 Å². The highest BCUT2D eigenvalue weighted by molar-refractivity contribution is 9.10. The lowest BCUT2D eigenvalue weighted by Crippen LogP contribution is -1.91. The molecule has 3 rings (SSSR count). The molecule has 0 radical (unpaired) electrons. The van der Waals surface area contributed by atoms with Crippen molar-refractivity contribution < 1.29 is 4.74 Å². The quantitative estimate of drug-likeness (QED) is 0.762. The van der Waals surface area contributed by atoms with E-state index in [4.69, 9.17) is 10.5 Å². The highest BCUT2D eigenvalue weighted by Gasteiger charge is 2.16. The third-order valence-corrected chi connectivity index (χ3v) is 3.78. The van der Waals surface area contributed by atoms with Crippen LogP contribution >= 0.6 is 15.9 Å². The van der Waals surface area contributed by atoms with Crippen LogP contribution in [0.25, 0.3) is 22.5 Å². The number of methoxy groups -OCH3 is 1. The number of H-pyrrole nitrogens is 1. The molecule has 0 saturated carbocycles. The topological polar surface area (TPSA) is 76.8 Å². The number of ether oxygens (including phenoxy) is 1. The molecule has 0 aliphatic carbocycles. The SMILES string of the molecule is COc1ccc(-c2[nH]nc(N)c2-c2ccccn2)cc1Br. The van der Waals surface area contributed by atoms with Crippen LogP contribution < -0.4 is 10.5 Å². The van der Waals surface area contributed by atoms with Crippen LogP contribution in [0.2, 0.25) is 0 Å². The van der Waals surface area contributed by atoms with Gasteiger partial charge < -0.3 is 10.5 Å². The Morgan fingerprint density at radius 1 is 1.24 bits per heavy atom. The Balaban J connectivity index is 2.14. The van der Waals surface area contributed by atoms with Crippen LogP contribution in [-0.2, 0) is 0 Å². The first-order valence-corrected chi connectivity index (χ1v) is 7.09. The molecule has 3 N–H and O–H groups in total. The van der Waals surface area contributed by atoms with Crippen molar-refractivity contribution in [2.45, 2.75) is 0 Å². The van der Waals surface area contributed by atoms with Gasteiger partial charge in [0.2, 0.25) is 0 Å². The molecular weight excluding hydrogens is 332 g/mol. The lowest BCUT2D eigenvalue weighted by atomic mass is 10.0. The summed E-state index contributed by atoms with van der Waals surface area (Å²) in [5.41, 5.74) is 9.35.